The Morgan fingerprint density at radius 1 is 1.18 bits per heavy atom. The van der Waals surface area contributed by atoms with Gasteiger partial charge in [-0.05, 0) is 40.0 Å². The molecule has 1 aliphatic rings. The monoisotopic (exact) mass is 316 g/mol. The van der Waals surface area contributed by atoms with Gasteiger partial charge < -0.3 is 14.7 Å². The first kappa shape index (κ1) is 18.7. The van der Waals surface area contributed by atoms with Crippen LogP contribution in [0.2, 0.25) is 0 Å². The van der Waals surface area contributed by atoms with Crippen molar-refractivity contribution in [2.45, 2.75) is 57.8 Å². The van der Waals surface area contributed by atoms with Gasteiger partial charge in [0.2, 0.25) is 5.91 Å². The number of hydrogen-bond donors (Lipinski definition) is 1. The molecule has 1 rings (SSSR count). The number of hydroxylamine groups is 2. The van der Waals surface area contributed by atoms with Crippen LogP contribution in [-0.2, 0) is 14.4 Å². The molecule has 1 N–H and O–H groups in total. The molecule has 3 atom stereocenters. The number of amides is 2. The predicted octanol–water partition coefficient (Wildman–Crippen LogP) is 1.40. The molecule has 0 unspecified atom stereocenters. The molecular weight excluding hydrogens is 288 g/mol. The van der Waals surface area contributed by atoms with E-state index in [1.807, 2.05) is 0 Å². The smallest absolute Gasteiger partial charge is 0.410 e. The first-order valence-electron chi connectivity index (χ1n) is 7.52. The van der Waals surface area contributed by atoms with Crippen LogP contribution in [0, 0.1) is 5.92 Å². The van der Waals surface area contributed by atoms with Gasteiger partial charge in [0.15, 0.2) is 0 Å². The molecular formula is C15H28N2O5. The fraction of sp³-hybridized carbons (Fsp3) is 0.867. The Morgan fingerprint density at radius 3 is 2.23 bits per heavy atom. The van der Waals surface area contributed by atoms with E-state index < -0.39 is 17.8 Å². The van der Waals surface area contributed by atoms with Crippen molar-refractivity contribution in [1.29, 1.82) is 0 Å². The molecule has 2 amide bonds. The van der Waals surface area contributed by atoms with Gasteiger partial charge in [-0.2, -0.15) is 0 Å². The maximum Gasteiger partial charge on any atom is 0.410 e. The van der Waals surface area contributed by atoms with E-state index >= 15 is 0 Å². The standard InChI is InChI=1S/C15H28N2O5/c1-15(2,3)22-14(20)16(4)11-8-7-10(9-12(11)18)13(19)17(5)21-6/h10-12,18H,7-9H2,1-6H3/t10-,11+,12-/m0/s1. The van der Waals surface area contributed by atoms with Gasteiger partial charge in [0.1, 0.15) is 5.60 Å². The normalized spacial score (nSPS) is 25.5. The summed E-state index contributed by atoms with van der Waals surface area (Å²) >= 11 is 0. The number of carbonyl (C=O) groups is 2. The van der Waals surface area contributed by atoms with Crippen molar-refractivity contribution in [3.8, 4) is 0 Å². The van der Waals surface area contributed by atoms with Crippen molar-refractivity contribution in [2.24, 2.45) is 5.92 Å². The number of ether oxygens (including phenoxy) is 1. The second kappa shape index (κ2) is 7.28. The van der Waals surface area contributed by atoms with Crippen molar-refractivity contribution in [3.63, 3.8) is 0 Å². The van der Waals surface area contributed by atoms with Crippen LogP contribution in [0.15, 0.2) is 0 Å². The van der Waals surface area contributed by atoms with Gasteiger partial charge in [-0.25, -0.2) is 9.86 Å². The summed E-state index contributed by atoms with van der Waals surface area (Å²) in [6.45, 7) is 5.39. The molecule has 0 bridgehead atoms. The Morgan fingerprint density at radius 2 is 1.77 bits per heavy atom. The van der Waals surface area contributed by atoms with Gasteiger partial charge in [0, 0.05) is 20.0 Å². The number of aliphatic hydroxyl groups excluding tert-OH is 1. The maximum absolute atomic E-state index is 12.1. The van der Waals surface area contributed by atoms with Crippen molar-refractivity contribution in [3.05, 3.63) is 0 Å². The third-order valence-corrected chi connectivity index (χ3v) is 3.89. The zero-order chi connectivity index (χ0) is 17.1. The van der Waals surface area contributed by atoms with Crippen LogP contribution in [0.5, 0.6) is 0 Å². The van der Waals surface area contributed by atoms with Gasteiger partial charge in [0.05, 0.1) is 19.3 Å². The van der Waals surface area contributed by atoms with E-state index in [0.29, 0.717) is 19.3 Å². The van der Waals surface area contributed by atoms with Gasteiger partial charge >= 0.3 is 6.09 Å². The van der Waals surface area contributed by atoms with Crippen molar-refractivity contribution >= 4 is 12.0 Å². The molecule has 0 spiro atoms. The minimum absolute atomic E-state index is 0.153. The summed E-state index contributed by atoms with van der Waals surface area (Å²) in [7, 11) is 4.59. The Labute approximate surface area is 132 Å². The number of aliphatic hydroxyl groups is 1. The quantitative estimate of drug-likeness (QED) is 0.796. The van der Waals surface area contributed by atoms with Crippen LogP contribution in [0.1, 0.15) is 40.0 Å². The molecule has 0 radical (unpaired) electrons. The molecule has 7 nitrogen and oxygen atoms in total. The van der Waals surface area contributed by atoms with Crippen molar-refractivity contribution in [1.82, 2.24) is 9.96 Å². The Hall–Kier alpha value is -1.34. The maximum atomic E-state index is 12.1. The number of carbonyl (C=O) groups excluding carboxylic acids is 2. The minimum atomic E-state index is -0.759. The van der Waals surface area contributed by atoms with E-state index in [2.05, 4.69) is 0 Å². The fourth-order valence-corrected chi connectivity index (χ4v) is 2.62. The lowest BCUT2D eigenvalue weighted by molar-refractivity contribution is -0.176. The topological polar surface area (TPSA) is 79.3 Å². The summed E-state index contributed by atoms with van der Waals surface area (Å²) in [6.07, 6.45) is 0.233. The van der Waals surface area contributed by atoms with Gasteiger partial charge in [-0.15, -0.1) is 0 Å². The molecule has 1 saturated carbocycles. The zero-order valence-corrected chi connectivity index (χ0v) is 14.3. The van der Waals surface area contributed by atoms with E-state index in [0.717, 1.165) is 0 Å². The lowest BCUT2D eigenvalue weighted by Gasteiger charge is -2.38. The van der Waals surface area contributed by atoms with Crippen LogP contribution in [0.4, 0.5) is 4.79 Å². The van der Waals surface area contributed by atoms with Crippen LogP contribution in [0.3, 0.4) is 0 Å². The highest BCUT2D eigenvalue weighted by Gasteiger charge is 2.38. The number of likely N-dealkylation sites (N-methyl/N-ethyl adjacent to an activating group) is 1. The first-order chi connectivity index (χ1) is 10.1. The molecule has 128 valence electrons. The van der Waals surface area contributed by atoms with Crippen LogP contribution in [-0.4, -0.2) is 66.0 Å². The van der Waals surface area contributed by atoms with Crippen LogP contribution >= 0.6 is 0 Å². The molecule has 7 heteroatoms. The zero-order valence-electron chi connectivity index (χ0n) is 14.3. The Bertz CT molecular complexity index is 407. The van der Waals surface area contributed by atoms with Crippen LogP contribution in [0.25, 0.3) is 0 Å². The SMILES string of the molecule is CON(C)C(=O)[C@H]1CC[C@@H](N(C)C(=O)OC(C)(C)C)[C@@H](O)C1. The summed E-state index contributed by atoms with van der Waals surface area (Å²) in [5.74, 6) is -0.442. The molecule has 1 fully saturated rings. The summed E-state index contributed by atoms with van der Waals surface area (Å²) in [5, 5.41) is 11.5. The summed E-state index contributed by atoms with van der Waals surface area (Å²) in [4.78, 5) is 30.4. The van der Waals surface area contributed by atoms with Gasteiger partial charge in [-0.1, -0.05) is 0 Å². The predicted molar refractivity (Wildman–Crippen MR) is 80.9 cm³/mol. The van der Waals surface area contributed by atoms with Gasteiger partial charge in [-0.3, -0.25) is 9.63 Å². The molecule has 22 heavy (non-hydrogen) atoms. The van der Waals surface area contributed by atoms with Gasteiger partial charge in [0.25, 0.3) is 0 Å². The highest BCUT2D eigenvalue weighted by Crippen LogP contribution is 2.29. The minimum Gasteiger partial charge on any atom is -0.444 e. The average molecular weight is 316 g/mol. The fourth-order valence-electron chi connectivity index (χ4n) is 2.62. The third-order valence-electron chi connectivity index (χ3n) is 3.89. The molecule has 0 aliphatic heterocycles. The summed E-state index contributed by atoms with van der Waals surface area (Å²) in [5.41, 5.74) is -0.579. The lowest BCUT2D eigenvalue weighted by Crippen LogP contribution is -2.50. The highest BCUT2D eigenvalue weighted by atomic mass is 16.7. The first-order valence-corrected chi connectivity index (χ1v) is 7.52. The number of hydrogen-bond acceptors (Lipinski definition) is 5. The van der Waals surface area contributed by atoms with Crippen LogP contribution < -0.4 is 0 Å². The highest BCUT2D eigenvalue weighted by molar-refractivity contribution is 5.77. The number of rotatable bonds is 3. The van der Waals surface area contributed by atoms with E-state index in [1.54, 1.807) is 34.9 Å². The Balaban J connectivity index is 2.63. The third kappa shape index (κ3) is 4.84. The molecule has 0 heterocycles. The molecule has 0 saturated heterocycles. The average Bonchev–Trinajstić information content (AvgIpc) is 2.42. The van der Waals surface area contributed by atoms with E-state index in [9.17, 15) is 14.7 Å². The van der Waals surface area contributed by atoms with E-state index in [4.69, 9.17) is 9.57 Å². The van der Waals surface area contributed by atoms with Crippen molar-refractivity contribution < 1.29 is 24.3 Å². The lowest BCUT2D eigenvalue weighted by atomic mass is 9.83. The summed E-state index contributed by atoms with van der Waals surface area (Å²) in [6, 6.07) is -0.341. The number of nitrogens with zero attached hydrogens (tertiary/aromatic N) is 2. The largest absolute Gasteiger partial charge is 0.444 e. The molecule has 0 aromatic heterocycles. The van der Waals surface area contributed by atoms with Crippen molar-refractivity contribution in [2.75, 3.05) is 21.2 Å². The van der Waals surface area contributed by atoms with E-state index in [1.165, 1.54) is 17.1 Å². The Kier molecular flexibility index (Phi) is 6.19. The molecule has 1 aliphatic carbocycles. The molecule has 0 aromatic rings. The second-order valence-corrected chi connectivity index (χ2v) is 6.75. The van der Waals surface area contributed by atoms with E-state index in [-0.39, 0.29) is 17.9 Å². The molecule has 0 aromatic carbocycles. The summed E-state index contributed by atoms with van der Waals surface area (Å²) < 4.78 is 5.31. The second-order valence-electron chi connectivity index (χ2n) is 6.75.